The number of rotatable bonds is 6. The monoisotopic (exact) mass is 358 g/mol. The predicted octanol–water partition coefficient (Wildman–Crippen LogP) is 0.977. The highest BCUT2D eigenvalue weighted by atomic mass is 16.5. The maximum atomic E-state index is 11.8. The van der Waals surface area contributed by atoms with Crippen LogP contribution in [-0.2, 0) is 4.79 Å². The smallest absolute Gasteiger partial charge is 0.289 e. The number of methoxy groups -OCH3 is 3. The first kappa shape index (κ1) is 18.7. The summed E-state index contributed by atoms with van der Waals surface area (Å²) in [6.07, 6.45) is 6.88. The Morgan fingerprint density at radius 1 is 1.00 bits per heavy atom. The van der Waals surface area contributed by atoms with Gasteiger partial charge in [-0.05, 0) is 23.8 Å². The van der Waals surface area contributed by atoms with Crippen LogP contribution in [0.1, 0.15) is 16.1 Å². The van der Waals surface area contributed by atoms with Gasteiger partial charge in [-0.15, -0.1) is 0 Å². The highest BCUT2D eigenvalue weighted by Crippen LogP contribution is 2.38. The van der Waals surface area contributed by atoms with Gasteiger partial charge in [0.2, 0.25) is 5.75 Å². The Morgan fingerprint density at radius 2 is 1.69 bits per heavy atom. The average molecular weight is 358 g/mol. The fourth-order valence-corrected chi connectivity index (χ4v) is 2.01. The minimum Gasteiger partial charge on any atom is -0.493 e. The Bertz CT molecular complexity index is 783. The topological polar surface area (TPSA) is 112 Å². The van der Waals surface area contributed by atoms with E-state index in [2.05, 4.69) is 20.8 Å². The van der Waals surface area contributed by atoms with Gasteiger partial charge < -0.3 is 14.2 Å². The molecule has 0 fully saturated rings. The van der Waals surface area contributed by atoms with Crippen molar-refractivity contribution in [3.05, 3.63) is 48.1 Å². The first-order valence-electron chi connectivity index (χ1n) is 7.43. The van der Waals surface area contributed by atoms with Gasteiger partial charge in [0.1, 0.15) is 5.69 Å². The van der Waals surface area contributed by atoms with Gasteiger partial charge in [0, 0.05) is 18.5 Å². The van der Waals surface area contributed by atoms with Crippen molar-refractivity contribution in [3.63, 3.8) is 0 Å². The molecule has 0 saturated carbocycles. The van der Waals surface area contributed by atoms with Gasteiger partial charge in [0.05, 0.1) is 27.5 Å². The van der Waals surface area contributed by atoms with Gasteiger partial charge in [0.15, 0.2) is 11.5 Å². The molecule has 136 valence electrons. The maximum Gasteiger partial charge on any atom is 0.289 e. The number of carbonyl (C=O) groups is 2. The van der Waals surface area contributed by atoms with Crippen molar-refractivity contribution < 1.29 is 23.8 Å². The van der Waals surface area contributed by atoms with Crippen molar-refractivity contribution in [1.82, 2.24) is 20.8 Å². The zero-order valence-electron chi connectivity index (χ0n) is 14.5. The number of hydrazine groups is 1. The standard InChI is InChI=1S/C17H18N4O5/c1-24-13-8-11(9-14(25-2)16(13)26-3)4-5-15(22)20-21-17(23)12-10-18-6-7-19-12/h4-10H,1-3H3,(H,20,22)(H,21,23)/b5-4+. The van der Waals surface area contributed by atoms with Crippen LogP contribution in [0.15, 0.2) is 36.8 Å². The molecule has 0 aliphatic heterocycles. The molecule has 0 aliphatic carbocycles. The highest BCUT2D eigenvalue weighted by Gasteiger charge is 2.12. The lowest BCUT2D eigenvalue weighted by Crippen LogP contribution is -2.41. The van der Waals surface area contributed by atoms with E-state index < -0.39 is 11.8 Å². The summed E-state index contributed by atoms with van der Waals surface area (Å²) in [6, 6.07) is 3.37. The molecule has 2 N–H and O–H groups in total. The molecular weight excluding hydrogens is 340 g/mol. The van der Waals surface area contributed by atoms with Crippen LogP contribution < -0.4 is 25.1 Å². The molecule has 0 spiro atoms. The summed E-state index contributed by atoms with van der Waals surface area (Å²) in [7, 11) is 4.50. The molecule has 0 saturated heterocycles. The van der Waals surface area contributed by atoms with Crippen LogP contribution in [0.2, 0.25) is 0 Å². The molecule has 9 heteroatoms. The molecule has 1 aromatic heterocycles. The minimum atomic E-state index is -0.576. The SMILES string of the molecule is COc1cc(/C=C/C(=O)NNC(=O)c2cnccn2)cc(OC)c1OC. The zero-order chi connectivity index (χ0) is 18.9. The summed E-state index contributed by atoms with van der Waals surface area (Å²) in [5.74, 6) is 0.266. The normalized spacial score (nSPS) is 10.3. The lowest BCUT2D eigenvalue weighted by molar-refractivity contribution is -0.117. The summed E-state index contributed by atoms with van der Waals surface area (Å²) in [4.78, 5) is 31.2. The second kappa shape index (κ2) is 9.02. The third-order valence-electron chi connectivity index (χ3n) is 3.21. The van der Waals surface area contributed by atoms with Crippen molar-refractivity contribution >= 4 is 17.9 Å². The number of ether oxygens (including phenoxy) is 3. The Balaban J connectivity index is 2.02. The van der Waals surface area contributed by atoms with E-state index in [-0.39, 0.29) is 5.69 Å². The Labute approximate surface area is 150 Å². The summed E-state index contributed by atoms with van der Waals surface area (Å²) < 4.78 is 15.7. The van der Waals surface area contributed by atoms with E-state index in [1.165, 1.54) is 52.1 Å². The largest absolute Gasteiger partial charge is 0.493 e. The van der Waals surface area contributed by atoms with Gasteiger partial charge in [-0.2, -0.15) is 0 Å². The molecule has 0 aliphatic rings. The molecule has 2 aromatic rings. The van der Waals surface area contributed by atoms with E-state index in [0.29, 0.717) is 22.8 Å². The van der Waals surface area contributed by atoms with Crippen LogP contribution in [0.5, 0.6) is 17.2 Å². The summed E-state index contributed by atoms with van der Waals surface area (Å²) in [5, 5.41) is 0. The molecule has 1 aromatic carbocycles. The molecule has 0 radical (unpaired) electrons. The van der Waals surface area contributed by atoms with Crippen LogP contribution in [0, 0.1) is 0 Å². The molecule has 2 rings (SSSR count). The molecule has 0 unspecified atom stereocenters. The molecule has 9 nitrogen and oxygen atoms in total. The Morgan fingerprint density at radius 3 is 2.23 bits per heavy atom. The van der Waals surface area contributed by atoms with Crippen molar-refractivity contribution in [2.24, 2.45) is 0 Å². The summed E-state index contributed by atoms with van der Waals surface area (Å²) in [5.41, 5.74) is 5.22. The number of nitrogens with zero attached hydrogens (tertiary/aromatic N) is 2. The van der Waals surface area contributed by atoms with Gasteiger partial charge in [-0.25, -0.2) is 4.98 Å². The van der Waals surface area contributed by atoms with Crippen molar-refractivity contribution in [1.29, 1.82) is 0 Å². The van der Waals surface area contributed by atoms with E-state index >= 15 is 0 Å². The fraction of sp³-hybridized carbons (Fsp3) is 0.176. The second-order valence-corrected chi connectivity index (χ2v) is 4.83. The lowest BCUT2D eigenvalue weighted by Gasteiger charge is -2.12. The molecule has 1 heterocycles. The van der Waals surface area contributed by atoms with E-state index in [1.807, 2.05) is 0 Å². The molecule has 0 bridgehead atoms. The highest BCUT2D eigenvalue weighted by molar-refractivity contribution is 5.96. The number of nitrogens with one attached hydrogen (secondary N) is 2. The first-order chi connectivity index (χ1) is 12.6. The number of carbonyl (C=O) groups excluding carboxylic acids is 2. The van der Waals surface area contributed by atoms with Gasteiger partial charge in [-0.3, -0.25) is 25.4 Å². The summed E-state index contributed by atoms with van der Waals surface area (Å²) >= 11 is 0. The van der Waals surface area contributed by atoms with Gasteiger partial charge in [-0.1, -0.05) is 0 Å². The van der Waals surface area contributed by atoms with Crippen LogP contribution in [0.3, 0.4) is 0 Å². The van der Waals surface area contributed by atoms with E-state index in [9.17, 15) is 9.59 Å². The van der Waals surface area contributed by atoms with Gasteiger partial charge in [0.25, 0.3) is 11.8 Å². The number of hydrogen-bond donors (Lipinski definition) is 2. The van der Waals surface area contributed by atoms with Crippen LogP contribution in [0.4, 0.5) is 0 Å². The molecular formula is C17H18N4O5. The number of amides is 2. The van der Waals surface area contributed by atoms with Crippen LogP contribution in [0.25, 0.3) is 6.08 Å². The summed E-state index contributed by atoms with van der Waals surface area (Å²) in [6.45, 7) is 0. The Kier molecular flexibility index (Phi) is 6.49. The number of aromatic nitrogens is 2. The Hall–Kier alpha value is -3.62. The molecule has 0 atom stereocenters. The zero-order valence-corrected chi connectivity index (χ0v) is 14.5. The number of benzene rings is 1. The van der Waals surface area contributed by atoms with Gasteiger partial charge >= 0.3 is 0 Å². The third-order valence-corrected chi connectivity index (χ3v) is 3.21. The van der Waals surface area contributed by atoms with Crippen LogP contribution >= 0.6 is 0 Å². The third kappa shape index (κ3) is 4.69. The van der Waals surface area contributed by atoms with Crippen molar-refractivity contribution in [2.45, 2.75) is 0 Å². The molecule has 26 heavy (non-hydrogen) atoms. The average Bonchev–Trinajstić information content (AvgIpc) is 2.69. The first-order valence-corrected chi connectivity index (χ1v) is 7.43. The van der Waals surface area contributed by atoms with Crippen LogP contribution in [-0.4, -0.2) is 43.1 Å². The fourth-order valence-electron chi connectivity index (χ4n) is 2.01. The molecule has 2 amide bonds. The van der Waals surface area contributed by atoms with Crippen molar-refractivity contribution in [2.75, 3.05) is 21.3 Å². The predicted molar refractivity (Wildman–Crippen MR) is 92.8 cm³/mol. The van der Waals surface area contributed by atoms with E-state index in [4.69, 9.17) is 14.2 Å². The second-order valence-electron chi connectivity index (χ2n) is 4.83. The quantitative estimate of drug-likeness (QED) is 0.585. The van der Waals surface area contributed by atoms with E-state index in [0.717, 1.165) is 0 Å². The number of hydrogen-bond acceptors (Lipinski definition) is 7. The van der Waals surface area contributed by atoms with E-state index in [1.54, 1.807) is 12.1 Å². The maximum absolute atomic E-state index is 11.8. The lowest BCUT2D eigenvalue weighted by atomic mass is 10.1. The van der Waals surface area contributed by atoms with Crippen molar-refractivity contribution in [3.8, 4) is 17.2 Å². The minimum absolute atomic E-state index is 0.0846.